The minimum absolute atomic E-state index is 0.123. The van der Waals surface area contributed by atoms with E-state index in [0.29, 0.717) is 37.6 Å². The number of carboxylic acids is 1. The van der Waals surface area contributed by atoms with Gasteiger partial charge in [-0.3, -0.25) is 9.59 Å². The number of carbonyl (C=O) groups excluding carboxylic acids is 1. The van der Waals surface area contributed by atoms with Crippen LogP contribution in [0.4, 0.5) is 0 Å². The number of carboxylic acid groups (broad SMARTS) is 1. The molecule has 0 aliphatic carbocycles. The molecule has 1 N–H and O–H groups in total. The maximum atomic E-state index is 12.5. The summed E-state index contributed by atoms with van der Waals surface area (Å²) in [5, 5.41) is 9.10. The van der Waals surface area contributed by atoms with Gasteiger partial charge in [0.15, 0.2) is 0 Å². The normalized spacial score (nSPS) is 15.1. The molecule has 0 spiro atoms. The summed E-state index contributed by atoms with van der Waals surface area (Å²) in [5.74, 6) is -0.149. The highest BCUT2D eigenvalue weighted by molar-refractivity contribution is 5.93. The highest BCUT2D eigenvalue weighted by Crippen LogP contribution is 2.23. The van der Waals surface area contributed by atoms with Crippen LogP contribution >= 0.6 is 0 Å². The largest absolute Gasteiger partial charge is 0.497 e. The summed E-state index contributed by atoms with van der Waals surface area (Å²) in [4.78, 5) is 25.0. The second-order valence-corrected chi connectivity index (χ2v) is 5.68. The van der Waals surface area contributed by atoms with E-state index in [9.17, 15) is 9.59 Å². The lowest BCUT2D eigenvalue weighted by Gasteiger charge is -2.32. The molecular formula is C18H23NO6. The Hall–Kier alpha value is -2.54. The molecular weight excluding hydrogens is 326 g/mol. The molecule has 2 rings (SSSR count). The van der Waals surface area contributed by atoms with Crippen LogP contribution in [0.3, 0.4) is 0 Å². The number of benzene rings is 1. The van der Waals surface area contributed by atoms with Crippen molar-refractivity contribution in [2.75, 3.05) is 34.0 Å². The molecule has 1 aromatic carbocycles. The fourth-order valence-corrected chi connectivity index (χ4v) is 2.72. The van der Waals surface area contributed by atoms with Gasteiger partial charge in [-0.15, -0.1) is 0 Å². The smallest absolute Gasteiger partial charge is 0.323 e. The van der Waals surface area contributed by atoms with Crippen LogP contribution < -0.4 is 9.47 Å². The highest BCUT2D eigenvalue weighted by Gasteiger charge is 2.26. The molecule has 1 aliphatic rings. The van der Waals surface area contributed by atoms with Gasteiger partial charge in [-0.05, 0) is 36.6 Å². The SMILES string of the molecule is COc1cc(/C=C/C(=O)N(CC(=O)O)C2CCOCC2)cc(OC)c1. The van der Waals surface area contributed by atoms with Crippen LogP contribution in [0, 0.1) is 0 Å². The summed E-state index contributed by atoms with van der Waals surface area (Å²) in [6.07, 6.45) is 4.29. The first kappa shape index (κ1) is 18.8. The predicted molar refractivity (Wildman–Crippen MR) is 91.8 cm³/mol. The maximum absolute atomic E-state index is 12.5. The van der Waals surface area contributed by atoms with E-state index >= 15 is 0 Å². The zero-order valence-electron chi connectivity index (χ0n) is 14.4. The van der Waals surface area contributed by atoms with Crippen LogP contribution in [0.1, 0.15) is 18.4 Å². The highest BCUT2D eigenvalue weighted by atomic mass is 16.5. The number of hydrogen-bond donors (Lipinski definition) is 1. The molecule has 7 heteroatoms. The molecule has 136 valence electrons. The van der Waals surface area contributed by atoms with Crippen molar-refractivity contribution in [2.24, 2.45) is 0 Å². The molecule has 0 bridgehead atoms. The van der Waals surface area contributed by atoms with Crippen molar-refractivity contribution in [2.45, 2.75) is 18.9 Å². The summed E-state index contributed by atoms with van der Waals surface area (Å²) in [6, 6.07) is 5.14. The summed E-state index contributed by atoms with van der Waals surface area (Å²) in [5.41, 5.74) is 0.729. The van der Waals surface area contributed by atoms with E-state index in [4.69, 9.17) is 19.3 Å². The van der Waals surface area contributed by atoms with Gasteiger partial charge in [0.2, 0.25) is 5.91 Å². The monoisotopic (exact) mass is 349 g/mol. The first-order valence-corrected chi connectivity index (χ1v) is 8.04. The van der Waals surface area contributed by atoms with E-state index in [0.717, 1.165) is 5.56 Å². The Balaban J connectivity index is 2.16. The number of nitrogens with zero attached hydrogens (tertiary/aromatic N) is 1. The summed E-state index contributed by atoms with van der Waals surface area (Å²) < 4.78 is 15.7. The fourth-order valence-electron chi connectivity index (χ4n) is 2.72. The topological polar surface area (TPSA) is 85.3 Å². The van der Waals surface area contributed by atoms with Gasteiger partial charge in [-0.1, -0.05) is 0 Å². The van der Waals surface area contributed by atoms with Gasteiger partial charge in [0.05, 0.1) is 14.2 Å². The molecule has 0 unspecified atom stereocenters. The molecule has 1 aliphatic heterocycles. The van der Waals surface area contributed by atoms with E-state index in [1.807, 2.05) is 0 Å². The van der Waals surface area contributed by atoms with Gasteiger partial charge in [-0.2, -0.15) is 0 Å². The minimum Gasteiger partial charge on any atom is -0.497 e. The number of rotatable bonds is 7. The third kappa shape index (κ3) is 5.49. The third-order valence-corrected chi connectivity index (χ3v) is 4.01. The lowest BCUT2D eigenvalue weighted by atomic mass is 10.1. The van der Waals surface area contributed by atoms with E-state index in [1.165, 1.54) is 11.0 Å². The van der Waals surface area contributed by atoms with Gasteiger partial charge < -0.3 is 24.2 Å². The lowest BCUT2D eigenvalue weighted by Crippen LogP contribution is -2.45. The van der Waals surface area contributed by atoms with Gasteiger partial charge in [0.25, 0.3) is 0 Å². The second-order valence-electron chi connectivity index (χ2n) is 5.68. The van der Waals surface area contributed by atoms with Crippen LogP contribution in [0.2, 0.25) is 0 Å². The molecule has 1 aromatic rings. The van der Waals surface area contributed by atoms with Crippen LogP contribution in [0.25, 0.3) is 6.08 Å². The Morgan fingerprint density at radius 2 is 1.80 bits per heavy atom. The molecule has 1 heterocycles. The van der Waals surface area contributed by atoms with E-state index < -0.39 is 5.97 Å². The second kappa shape index (κ2) is 9.08. The number of carbonyl (C=O) groups is 2. The van der Waals surface area contributed by atoms with Gasteiger partial charge >= 0.3 is 5.97 Å². The molecule has 1 amide bonds. The Labute approximate surface area is 146 Å². The van der Waals surface area contributed by atoms with Crippen LogP contribution in [0.15, 0.2) is 24.3 Å². The van der Waals surface area contributed by atoms with Crippen molar-refractivity contribution in [3.8, 4) is 11.5 Å². The van der Waals surface area contributed by atoms with Crippen LogP contribution in [-0.4, -0.2) is 61.9 Å². The first-order valence-electron chi connectivity index (χ1n) is 8.04. The van der Waals surface area contributed by atoms with Crippen molar-refractivity contribution in [3.63, 3.8) is 0 Å². The average Bonchev–Trinajstić information content (AvgIpc) is 2.64. The Kier molecular flexibility index (Phi) is 6.82. The first-order chi connectivity index (χ1) is 12.0. The molecule has 0 radical (unpaired) electrons. The molecule has 0 saturated carbocycles. The van der Waals surface area contributed by atoms with E-state index in [-0.39, 0.29) is 18.5 Å². The fraction of sp³-hybridized carbons (Fsp3) is 0.444. The Morgan fingerprint density at radius 3 is 2.32 bits per heavy atom. The Bertz CT molecular complexity index is 614. The molecule has 7 nitrogen and oxygen atoms in total. The number of hydrogen-bond acceptors (Lipinski definition) is 5. The maximum Gasteiger partial charge on any atom is 0.323 e. The number of ether oxygens (including phenoxy) is 3. The molecule has 25 heavy (non-hydrogen) atoms. The number of amides is 1. The average molecular weight is 349 g/mol. The molecule has 0 aromatic heterocycles. The summed E-state index contributed by atoms with van der Waals surface area (Å²) >= 11 is 0. The summed E-state index contributed by atoms with van der Waals surface area (Å²) in [7, 11) is 3.10. The minimum atomic E-state index is -1.03. The van der Waals surface area contributed by atoms with Crippen LogP contribution in [0.5, 0.6) is 11.5 Å². The predicted octanol–water partition coefficient (Wildman–Crippen LogP) is 1.81. The zero-order valence-corrected chi connectivity index (χ0v) is 14.4. The standard InChI is InChI=1S/C18H23NO6/c1-23-15-9-13(10-16(11-15)24-2)3-4-17(20)19(12-18(21)22)14-5-7-25-8-6-14/h3-4,9-11,14H,5-8,12H2,1-2H3,(H,21,22)/b4-3+. The molecule has 1 saturated heterocycles. The quantitative estimate of drug-likeness (QED) is 0.756. The number of aliphatic carboxylic acids is 1. The lowest BCUT2D eigenvalue weighted by molar-refractivity contribution is -0.145. The van der Waals surface area contributed by atoms with Crippen molar-refractivity contribution in [1.29, 1.82) is 0 Å². The van der Waals surface area contributed by atoms with Crippen LogP contribution in [-0.2, 0) is 14.3 Å². The molecule has 1 fully saturated rings. The Morgan fingerprint density at radius 1 is 1.20 bits per heavy atom. The van der Waals surface area contributed by atoms with Crippen molar-refractivity contribution < 1.29 is 28.9 Å². The van der Waals surface area contributed by atoms with Crippen molar-refractivity contribution in [1.82, 2.24) is 4.90 Å². The number of methoxy groups -OCH3 is 2. The third-order valence-electron chi connectivity index (χ3n) is 4.01. The summed E-state index contributed by atoms with van der Waals surface area (Å²) in [6.45, 7) is 0.741. The van der Waals surface area contributed by atoms with E-state index in [1.54, 1.807) is 38.5 Å². The van der Waals surface area contributed by atoms with E-state index in [2.05, 4.69) is 0 Å². The molecule has 0 atom stereocenters. The van der Waals surface area contributed by atoms with Crippen molar-refractivity contribution >= 4 is 18.0 Å². The zero-order chi connectivity index (χ0) is 18.2. The van der Waals surface area contributed by atoms with Gasteiger partial charge in [0.1, 0.15) is 18.0 Å². The van der Waals surface area contributed by atoms with Gasteiger partial charge in [-0.25, -0.2) is 0 Å². The van der Waals surface area contributed by atoms with Gasteiger partial charge in [0, 0.05) is 31.4 Å². The van der Waals surface area contributed by atoms with Crippen molar-refractivity contribution in [3.05, 3.63) is 29.8 Å².